The highest BCUT2D eigenvalue weighted by Crippen LogP contribution is 2.40. The van der Waals surface area contributed by atoms with Crippen LogP contribution in [0.4, 0.5) is 0 Å². The fraction of sp³-hybridized carbons (Fsp3) is 0.543. The van der Waals surface area contributed by atoms with Crippen LogP contribution in [0, 0.1) is 5.41 Å². The number of rotatable bonds is 3. The van der Waals surface area contributed by atoms with E-state index in [4.69, 9.17) is 20.4 Å². The first kappa shape index (κ1) is 29.8. The number of aromatic nitrogens is 4. The van der Waals surface area contributed by atoms with Crippen molar-refractivity contribution in [1.29, 1.82) is 0 Å². The lowest BCUT2D eigenvalue weighted by Crippen LogP contribution is -2.40. The Morgan fingerprint density at radius 2 is 1.89 bits per heavy atom. The number of carbonyl (C=O) groups is 2. The van der Waals surface area contributed by atoms with Gasteiger partial charge in [0.25, 0.3) is 5.91 Å². The molecule has 4 bridgehead atoms. The molecule has 3 N–H and O–H groups in total. The maximum atomic E-state index is 13.8. The van der Waals surface area contributed by atoms with Crippen LogP contribution >= 0.6 is 0 Å². The number of nitrogens with one attached hydrogen (secondary N) is 1. The maximum absolute atomic E-state index is 13.8. The van der Waals surface area contributed by atoms with Gasteiger partial charge in [-0.2, -0.15) is 0 Å². The highest BCUT2D eigenvalue weighted by atomic mass is 16.5. The molecule has 3 aliphatic rings. The highest BCUT2D eigenvalue weighted by molar-refractivity contribution is 6.00. The number of benzene rings is 1. The Hall–Kier alpha value is -3.92. The minimum Gasteiger partial charge on any atom is -0.494 e. The Bertz CT molecular complexity index is 1800. The summed E-state index contributed by atoms with van der Waals surface area (Å²) in [5.41, 5.74) is 10.8. The zero-order chi connectivity index (χ0) is 31.6. The number of amides is 2. The molecule has 3 aliphatic heterocycles. The van der Waals surface area contributed by atoms with Crippen LogP contribution in [0.3, 0.4) is 0 Å². The number of aryl methyl sites for hydroxylation is 2. The summed E-state index contributed by atoms with van der Waals surface area (Å²) in [5, 5.41) is 4.23. The molecule has 0 saturated carbocycles. The van der Waals surface area contributed by atoms with E-state index in [1.165, 1.54) is 0 Å². The number of nitrogens with zero attached hydrogens (tertiary/aromatic N) is 5. The summed E-state index contributed by atoms with van der Waals surface area (Å²) in [7, 11) is 3.64. The Morgan fingerprint density at radius 1 is 1.09 bits per heavy atom. The number of methoxy groups -OCH3 is 1. The van der Waals surface area contributed by atoms with Gasteiger partial charge in [-0.25, -0.2) is 9.97 Å². The molecule has 2 saturated heterocycles. The maximum Gasteiger partial charge on any atom is 0.254 e. The van der Waals surface area contributed by atoms with Gasteiger partial charge in [-0.3, -0.25) is 9.59 Å². The average molecular weight is 612 g/mol. The summed E-state index contributed by atoms with van der Waals surface area (Å²) in [4.78, 5) is 39.2. The number of fused-ring (bicyclic) bond motifs is 4. The number of imidazole rings is 1. The predicted molar refractivity (Wildman–Crippen MR) is 175 cm³/mol. The summed E-state index contributed by atoms with van der Waals surface area (Å²) >= 11 is 0. The second-order valence-electron chi connectivity index (χ2n) is 14.0. The van der Waals surface area contributed by atoms with Crippen molar-refractivity contribution in [3.8, 4) is 17.3 Å². The molecule has 10 nitrogen and oxygen atoms in total. The molecule has 2 amide bonds. The lowest BCUT2D eigenvalue weighted by molar-refractivity contribution is -0.130. The number of nitrogens with two attached hydrogens (primary N) is 1. The van der Waals surface area contributed by atoms with E-state index in [9.17, 15) is 9.59 Å². The molecular formula is C35H45N7O3. The molecule has 3 aromatic heterocycles. The molecule has 0 spiro atoms. The Labute approximate surface area is 264 Å². The molecule has 4 aromatic rings. The minimum atomic E-state index is -0.414. The van der Waals surface area contributed by atoms with Crippen molar-refractivity contribution in [2.45, 2.75) is 103 Å². The first-order valence-corrected chi connectivity index (χ1v) is 16.5. The van der Waals surface area contributed by atoms with Crippen LogP contribution in [0.5, 0.6) is 5.75 Å². The summed E-state index contributed by atoms with van der Waals surface area (Å²) in [5.74, 6) is 1.49. The van der Waals surface area contributed by atoms with Crippen molar-refractivity contribution in [3.05, 3.63) is 41.6 Å². The van der Waals surface area contributed by atoms with Gasteiger partial charge >= 0.3 is 0 Å². The molecule has 10 heteroatoms. The van der Waals surface area contributed by atoms with Crippen molar-refractivity contribution in [2.75, 3.05) is 7.11 Å². The van der Waals surface area contributed by atoms with Gasteiger partial charge in [-0.1, -0.05) is 33.1 Å². The second-order valence-corrected chi connectivity index (χ2v) is 14.0. The minimum absolute atomic E-state index is 0.00598. The predicted octanol–water partition coefficient (Wildman–Crippen LogP) is 5.47. The second kappa shape index (κ2) is 11.2. The van der Waals surface area contributed by atoms with E-state index in [0.717, 1.165) is 97.2 Å². The van der Waals surface area contributed by atoms with E-state index in [1.54, 1.807) is 7.11 Å². The zero-order valence-electron chi connectivity index (χ0n) is 27.1. The first-order valence-electron chi connectivity index (χ1n) is 16.5. The molecule has 1 aromatic carbocycles. The monoisotopic (exact) mass is 611 g/mol. The number of hydrogen-bond acceptors (Lipinski definition) is 6. The van der Waals surface area contributed by atoms with Crippen LogP contribution < -0.4 is 15.8 Å². The number of carbonyl (C=O) groups excluding carboxylic acids is 2. The van der Waals surface area contributed by atoms with E-state index >= 15 is 0 Å². The van der Waals surface area contributed by atoms with E-state index in [-0.39, 0.29) is 36.0 Å². The molecule has 45 heavy (non-hydrogen) atoms. The molecule has 0 aliphatic carbocycles. The summed E-state index contributed by atoms with van der Waals surface area (Å²) in [6, 6.07) is 10.2. The van der Waals surface area contributed by atoms with Crippen molar-refractivity contribution >= 4 is 33.9 Å². The van der Waals surface area contributed by atoms with Crippen LogP contribution in [0.1, 0.15) is 94.2 Å². The molecule has 6 heterocycles. The van der Waals surface area contributed by atoms with Crippen molar-refractivity contribution in [2.24, 2.45) is 18.2 Å². The molecule has 0 radical (unpaired) electrons. The van der Waals surface area contributed by atoms with Crippen LogP contribution in [-0.2, 0) is 18.4 Å². The summed E-state index contributed by atoms with van der Waals surface area (Å²) < 4.78 is 10.2. The Kier molecular flexibility index (Phi) is 7.38. The van der Waals surface area contributed by atoms with E-state index < -0.39 is 5.41 Å². The van der Waals surface area contributed by atoms with Gasteiger partial charge in [0, 0.05) is 48.1 Å². The molecule has 4 atom stereocenters. The molecular weight excluding hydrogens is 566 g/mol. The largest absolute Gasteiger partial charge is 0.494 e. The molecule has 7 rings (SSSR count). The van der Waals surface area contributed by atoms with E-state index in [2.05, 4.69) is 26.6 Å². The summed E-state index contributed by atoms with van der Waals surface area (Å²) in [6.07, 6.45) is 7.86. The van der Waals surface area contributed by atoms with Gasteiger partial charge in [0.1, 0.15) is 16.9 Å². The van der Waals surface area contributed by atoms with Crippen molar-refractivity contribution in [1.82, 2.24) is 29.3 Å². The molecule has 0 unspecified atom stereocenters. The molecule has 238 valence electrons. The van der Waals surface area contributed by atoms with Crippen molar-refractivity contribution < 1.29 is 14.3 Å². The van der Waals surface area contributed by atoms with Gasteiger partial charge in [0.15, 0.2) is 5.82 Å². The average Bonchev–Trinajstić information content (AvgIpc) is 3.77. The van der Waals surface area contributed by atoms with E-state index in [1.807, 2.05) is 50.9 Å². The molecule has 2 fully saturated rings. The normalized spacial score (nSPS) is 25.2. The number of ether oxygens (including phenoxy) is 1. The topological polar surface area (TPSA) is 120 Å². The fourth-order valence-corrected chi connectivity index (χ4v) is 7.88. The summed E-state index contributed by atoms with van der Waals surface area (Å²) in [6.45, 7) is 6.87. The highest BCUT2D eigenvalue weighted by Gasteiger charge is 2.47. The van der Waals surface area contributed by atoms with Gasteiger partial charge < -0.3 is 29.8 Å². The van der Waals surface area contributed by atoms with Gasteiger partial charge in [0.05, 0.1) is 30.1 Å². The number of hydrogen-bond donors (Lipinski definition) is 2. The zero-order valence-corrected chi connectivity index (χ0v) is 27.1. The third kappa shape index (κ3) is 4.98. The quantitative estimate of drug-likeness (QED) is 0.317. The van der Waals surface area contributed by atoms with Crippen LogP contribution in [0.25, 0.3) is 33.6 Å². The Balaban J connectivity index is 1.31. The van der Waals surface area contributed by atoms with Crippen LogP contribution in [-0.4, -0.2) is 61.1 Å². The van der Waals surface area contributed by atoms with Crippen LogP contribution in [0.2, 0.25) is 0 Å². The lowest BCUT2D eigenvalue weighted by atomic mass is 9.85. The van der Waals surface area contributed by atoms with E-state index in [0.29, 0.717) is 11.3 Å². The van der Waals surface area contributed by atoms with Gasteiger partial charge in [0.2, 0.25) is 5.91 Å². The van der Waals surface area contributed by atoms with Crippen LogP contribution in [0.15, 0.2) is 30.3 Å². The lowest BCUT2D eigenvalue weighted by Gasteiger charge is -2.26. The van der Waals surface area contributed by atoms with Gasteiger partial charge in [-0.05, 0) is 69.4 Å². The third-order valence-corrected chi connectivity index (χ3v) is 10.6. The SMILES string of the molecule is COc1cc(C(=O)N2[C@H]3CC[C@@H]2[C@H](N)C3)cc2nc(-c3cc4ccc5nc4n3CCCCCCC(C)(C)C(=O)N[C@@H]5C)n(C)c12. The van der Waals surface area contributed by atoms with Crippen molar-refractivity contribution in [3.63, 3.8) is 0 Å². The first-order chi connectivity index (χ1) is 21.6. The fourth-order valence-electron chi connectivity index (χ4n) is 7.88. The number of pyridine rings is 1. The smallest absolute Gasteiger partial charge is 0.254 e. The third-order valence-electron chi connectivity index (χ3n) is 10.6. The Morgan fingerprint density at radius 3 is 2.62 bits per heavy atom. The van der Waals surface area contributed by atoms with Gasteiger partial charge in [-0.15, -0.1) is 0 Å². The standard InChI is InChI=1S/C35H45N7O3/c1-20-25-12-10-21-17-28(41(31(21)38-25)15-9-7-6-8-14-35(2,3)34(44)37-20)32-39-26-16-22(18-29(45-5)30(26)40(32)4)33(43)42-23-11-13-27(42)24(36)19-23/h10,12,16-18,20,23-24,27H,6-9,11,13-15,19,36H2,1-5H3,(H,37,44)/t20-,23+,24-,27-/m1/s1.